The third kappa shape index (κ3) is 12.3. The minimum absolute atomic E-state index is 0.0218. The lowest BCUT2D eigenvalue weighted by Gasteiger charge is -2.39. The number of unbranched alkanes of at least 4 members (excludes halogenated alkanes) is 8. The lowest BCUT2D eigenvalue weighted by Crippen LogP contribution is -2.70. The number of carbonyl (C=O) groups excluding carboxylic acids is 2. The zero-order valence-electron chi connectivity index (χ0n) is 25.5. The van der Waals surface area contributed by atoms with E-state index >= 15 is 0 Å². The van der Waals surface area contributed by atoms with E-state index in [4.69, 9.17) is 4.74 Å². The summed E-state index contributed by atoms with van der Waals surface area (Å²) in [4.78, 5) is 24.4. The number of hydrogen-bond acceptors (Lipinski definition) is 4. The zero-order chi connectivity index (χ0) is 35.5. The fourth-order valence-corrected chi connectivity index (χ4v) is 4.08. The first-order chi connectivity index (χ1) is 20.2. The number of esters is 2. The summed E-state index contributed by atoms with van der Waals surface area (Å²) >= 11 is 0. The summed E-state index contributed by atoms with van der Waals surface area (Å²) in [6.45, 7) is 0.203. The average molecular weight is 691 g/mol. The van der Waals surface area contributed by atoms with Gasteiger partial charge in [0.05, 0.1) is 40.6 Å². The number of quaternary nitrogens is 1. The number of ether oxygens (including phenoxy) is 2. The van der Waals surface area contributed by atoms with Crippen LogP contribution in [0.1, 0.15) is 84.0 Å². The highest BCUT2D eigenvalue weighted by atomic mass is 19.4. The van der Waals surface area contributed by atoms with Gasteiger partial charge >= 0.3 is 47.7 Å². The molecule has 0 amide bonds. The van der Waals surface area contributed by atoms with E-state index in [1.807, 2.05) is 0 Å². The molecule has 0 aromatic heterocycles. The molecular formula is C27H41F13NO4+. The molecule has 0 saturated heterocycles. The van der Waals surface area contributed by atoms with E-state index in [2.05, 4.69) is 11.7 Å². The maximum Gasteiger partial charge on any atom is 0.460 e. The number of rotatable bonds is 22. The molecule has 45 heavy (non-hydrogen) atoms. The minimum Gasteiger partial charge on any atom is -0.465 e. The zero-order valence-corrected chi connectivity index (χ0v) is 25.5. The van der Waals surface area contributed by atoms with E-state index in [9.17, 15) is 66.7 Å². The Balaban J connectivity index is 5.18. The predicted molar refractivity (Wildman–Crippen MR) is 136 cm³/mol. The first-order valence-electron chi connectivity index (χ1n) is 14.3. The van der Waals surface area contributed by atoms with Crippen molar-refractivity contribution >= 4 is 11.9 Å². The molecule has 0 aliphatic heterocycles. The summed E-state index contributed by atoms with van der Waals surface area (Å²) in [5.74, 6) is -39.7. The second-order valence-corrected chi connectivity index (χ2v) is 11.8. The maximum absolute atomic E-state index is 13.9. The van der Waals surface area contributed by atoms with Crippen molar-refractivity contribution in [2.75, 3.05) is 34.3 Å². The maximum atomic E-state index is 13.9. The van der Waals surface area contributed by atoms with Crippen LogP contribution in [0.3, 0.4) is 0 Å². The summed E-state index contributed by atoms with van der Waals surface area (Å²) in [7, 11) is 4.86. The van der Waals surface area contributed by atoms with Crippen LogP contribution in [-0.4, -0.2) is 92.6 Å². The van der Waals surface area contributed by atoms with E-state index in [1.54, 1.807) is 21.1 Å². The third-order valence-corrected chi connectivity index (χ3v) is 6.61. The van der Waals surface area contributed by atoms with Gasteiger partial charge in [-0.25, -0.2) is 0 Å². The van der Waals surface area contributed by atoms with E-state index < -0.39 is 73.3 Å². The van der Waals surface area contributed by atoms with Crippen LogP contribution >= 0.6 is 0 Å². The Hall–Kier alpha value is -2.01. The van der Waals surface area contributed by atoms with Crippen LogP contribution in [0.4, 0.5) is 57.1 Å². The van der Waals surface area contributed by atoms with Crippen molar-refractivity contribution in [3.8, 4) is 0 Å². The molecule has 0 aromatic rings. The van der Waals surface area contributed by atoms with Crippen molar-refractivity contribution in [2.24, 2.45) is 0 Å². The van der Waals surface area contributed by atoms with Crippen LogP contribution in [-0.2, 0) is 19.1 Å². The monoisotopic (exact) mass is 690 g/mol. The molecule has 0 aliphatic rings. The lowest BCUT2D eigenvalue weighted by atomic mass is 9.93. The number of halogens is 13. The molecule has 0 fully saturated rings. The Bertz CT molecular complexity index is 919. The van der Waals surface area contributed by atoms with E-state index in [0.29, 0.717) is 6.42 Å². The van der Waals surface area contributed by atoms with Gasteiger partial charge in [-0.1, -0.05) is 58.3 Å². The number of hydrogen-bond donors (Lipinski definition) is 0. The van der Waals surface area contributed by atoms with Crippen molar-refractivity contribution in [3.05, 3.63) is 0 Å². The van der Waals surface area contributed by atoms with E-state index in [0.717, 1.165) is 51.4 Å². The van der Waals surface area contributed by atoms with Crippen LogP contribution in [0, 0.1) is 0 Å². The lowest BCUT2D eigenvalue weighted by molar-refractivity contribution is -0.873. The molecule has 1 atom stereocenters. The van der Waals surface area contributed by atoms with Gasteiger partial charge in [-0.15, -0.1) is 0 Å². The van der Waals surface area contributed by atoms with Gasteiger partial charge in [0, 0.05) is 6.42 Å². The quantitative estimate of drug-likeness (QED) is 0.0495. The number of alkyl halides is 13. The van der Waals surface area contributed by atoms with Crippen LogP contribution in [0.5, 0.6) is 0 Å². The van der Waals surface area contributed by atoms with Crippen LogP contribution in [0.25, 0.3) is 0 Å². The molecule has 0 N–H and O–H groups in total. The van der Waals surface area contributed by atoms with Gasteiger partial charge in [0.2, 0.25) is 0 Å². The highest BCUT2D eigenvalue weighted by molar-refractivity contribution is 5.72. The summed E-state index contributed by atoms with van der Waals surface area (Å²) in [6.07, 6.45) is -3.56. The molecule has 0 spiro atoms. The fourth-order valence-electron chi connectivity index (χ4n) is 4.08. The van der Waals surface area contributed by atoms with Gasteiger partial charge < -0.3 is 14.0 Å². The molecule has 268 valence electrons. The molecule has 0 aromatic carbocycles. The fraction of sp³-hybridized carbons (Fsp3) is 0.926. The Kier molecular flexibility index (Phi) is 16.0. The van der Waals surface area contributed by atoms with Crippen molar-refractivity contribution in [1.82, 2.24) is 0 Å². The molecule has 0 radical (unpaired) electrons. The van der Waals surface area contributed by atoms with Gasteiger partial charge in [-0.2, -0.15) is 57.1 Å². The van der Waals surface area contributed by atoms with Gasteiger partial charge in [0.1, 0.15) is 6.54 Å². The normalized spacial score (nSPS) is 14.8. The molecule has 0 saturated carbocycles. The highest BCUT2D eigenvalue weighted by Gasteiger charge is 2.90. The Morgan fingerprint density at radius 2 is 1.07 bits per heavy atom. The summed E-state index contributed by atoms with van der Waals surface area (Å²) in [5, 5.41) is 0. The van der Waals surface area contributed by atoms with Gasteiger partial charge in [-0.3, -0.25) is 9.59 Å². The summed E-state index contributed by atoms with van der Waals surface area (Å²) < 4.78 is 181. The van der Waals surface area contributed by atoms with Crippen molar-refractivity contribution in [1.29, 1.82) is 0 Å². The smallest absolute Gasteiger partial charge is 0.460 e. The first kappa shape index (κ1) is 43.0. The SMILES string of the molecule is CCCCCCCCCCCC(=O)O[C@H](CC(=O)OCCC(F)(F)C(F)(F)C(F)(F)C(F)(F)C(F)(F)C(F)(F)F)C[N+](C)(C)C. The third-order valence-electron chi connectivity index (χ3n) is 6.61. The Morgan fingerprint density at radius 1 is 0.622 bits per heavy atom. The largest absolute Gasteiger partial charge is 0.465 e. The summed E-state index contributed by atoms with van der Waals surface area (Å²) in [5.41, 5.74) is 0. The molecule has 0 bridgehead atoms. The molecular weight excluding hydrogens is 649 g/mol. The highest BCUT2D eigenvalue weighted by Crippen LogP contribution is 2.60. The van der Waals surface area contributed by atoms with Crippen molar-refractivity contribution in [3.63, 3.8) is 0 Å². The van der Waals surface area contributed by atoms with Crippen LogP contribution < -0.4 is 0 Å². The van der Waals surface area contributed by atoms with E-state index in [-0.39, 0.29) is 17.4 Å². The molecule has 18 heteroatoms. The summed E-state index contributed by atoms with van der Waals surface area (Å²) in [6, 6.07) is 0. The van der Waals surface area contributed by atoms with Gasteiger partial charge in [0.15, 0.2) is 6.10 Å². The second kappa shape index (κ2) is 16.7. The molecule has 0 aliphatic carbocycles. The van der Waals surface area contributed by atoms with Crippen LogP contribution in [0.15, 0.2) is 0 Å². The van der Waals surface area contributed by atoms with Gasteiger partial charge in [-0.05, 0) is 6.42 Å². The van der Waals surface area contributed by atoms with Crippen LogP contribution in [0.2, 0.25) is 0 Å². The Morgan fingerprint density at radius 3 is 1.51 bits per heavy atom. The minimum atomic E-state index is -8.00. The molecule has 0 heterocycles. The molecule has 5 nitrogen and oxygen atoms in total. The molecule has 0 rings (SSSR count). The van der Waals surface area contributed by atoms with Gasteiger partial charge in [0.25, 0.3) is 0 Å². The molecule has 0 unspecified atom stereocenters. The van der Waals surface area contributed by atoms with E-state index in [1.165, 1.54) is 0 Å². The topological polar surface area (TPSA) is 52.6 Å². The average Bonchev–Trinajstić information content (AvgIpc) is 2.85. The number of nitrogens with zero attached hydrogens (tertiary/aromatic N) is 1. The Labute approximate surface area is 253 Å². The van der Waals surface area contributed by atoms with Crippen molar-refractivity contribution < 1.29 is 80.6 Å². The second-order valence-electron chi connectivity index (χ2n) is 11.8. The predicted octanol–water partition coefficient (Wildman–Crippen LogP) is 8.59. The van der Waals surface area contributed by atoms with Crippen molar-refractivity contribution in [2.45, 2.75) is 126 Å². The number of carbonyl (C=O) groups is 2. The standard InChI is InChI=1S/C27H41F13NO4/c1-5-6-7-8-9-10-11-12-13-14-20(42)45-19(18-41(2,3)4)17-21(43)44-16-15-22(28,29)23(30,31)24(32,33)25(34,35)26(36,37)27(38,39)40/h19H,5-18H2,1-4H3/q+1/t19-/m1/s1. The number of likely N-dealkylation sites (N-methyl/N-ethyl adjacent to an activating group) is 1. The first-order valence-corrected chi connectivity index (χ1v) is 14.3.